The fourth-order valence-corrected chi connectivity index (χ4v) is 5.82. The van der Waals surface area contributed by atoms with Crippen LogP contribution in [0.15, 0.2) is 30.3 Å². The van der Waals surface area contributed by atoms with Gasteiger partial charge in [0.15, 0.2) is 5.75 Å². The maximum atomic E-state index is 11.7. The third-order valence-corrected chi connectivity index (χ3v) is 7.34. The van der Waals surface area contributed by atoms with Gasteiger partial charge in [0, 0.05) is 30.8 Å². The number of hydrazine groups is 1. The number of hydrogen-bond acceptors (Lipinski definition) is 6. The lowest BCUT2D eigenvalue weighted by atomic mass is 9.81. The van der Waals surface area contributed by atoms with Crippen molar-refractivity contribution in [2.75, 3.05) is 37.9 Å². The first kappa shape index (κ1) is 21.7. The van der Waals surface area contributed by atoms with Crippen LogP contribution in [0.25, 0.3) is 0 Å². The van der Waals surface area contributed by atoms with Gasteiger partial charge in [-0.15, -0.1) is 4.83 Å². The summed E-state index contributed by atoms with van der Waals surface area (Å²) in [4.78, 5) is 15.7. The van der Waals surface area contributed by atoms with E-state index in [1.807, 2.05) is 0 Å². The summed E-state index contributed by atoms with van der Waals surface area (Å²) in [6.07, 6.45) is 6.42. The molecule has 0 amide bonds. The van der Waals surface area contributed by atoms with E-state index in [1.165, 1.54) is 41.4 Å². The lowest BCUT2D eigenvalue weighted by Crippen LogP contribution is -2.40. The maximum Gasteiger partial charge on any atom is 0.225 e. The highest BCUT2D eigenvalue weighted by molar-refractivity contribution is 7.88. The van der Waals surface area contributed by atoms with Gasteiger partial charge < -0.3 is 9.79 Å². The molecule has 7 nitrogen and oxygen atoms in total. The van der Waals surface area contributed by atoms with Gasteiger partial charge in [0.1, 0.15) is 6.61 Å². The zero-order valence-corrected chi connectivity index (χ0v) is 19.6. The van der Waals surface area contributed by atoms with Crippen molar-refractivity contribution in [3.8, 4) is 5.75 Å². The van der Waals surface area contributed by atoms with Gasteiger partial charge in [0.05, 0.1) is 11.9 Å². The number of sulfonamides is 1. The van der Waals surface area contributed by atoms with Gasteiger partial charge in [-0.25, -0.2) is 8.42 Å². The third kappa shape index (κ3) is 4.50. The molecule has 1 aliphatic carbocycles. The third-order valence-electron chi connectivity index (χ3n) is 6.79. The molecule has 0 radical (unpaired) electrons. The van der Waals surface area contributed by atoms with Crippen LogP contribution < -0.4 is 14.7 Å². The first-order valence-corrected chi connectivity index (χ1v) is 13.3. The second-order valence-corrected chi connectivity index (χ2v) is 11.0. The SMILES string of the molecule is CN(CCc1ccc2c(c1)N(NS(C)(=O)=O)CC2)C[C@@H]1CCCc2c1ccc1c2OOC1. The van der Waals surface area contributed by atoms with Crippen LogP contribution >= 0.6 is 0 Å². The predicted octanol–water partition coefficient (Wildman–Crippen LogP) is 2.93. The van der Waals surface area contributed by atoms with E-state index < -0.39 is 10.0 Å². The Morgan fingerprint density at radius 3 is 2.88 bits per heavy atom. The van der Waals surface area contributed by atoms with Gasteiger partial charge in [-0.3, -0.25) is 5.01 Å². The molecular formula is C24H31N3O4S. The highest BCUT2D eigenvalue weighted by atomic mass is 32.2. The first-order chi connectivity index (χ1) is 15.4. The summed E-state index contributed by atoms with van der Waals surface area (Å²) in [6.45, 7) is 3.18. The van der Waals surface area contributed by atoms with Gasteiger partial charge in [0.25, 0.3) is 0 Å². The molecule has 2 aliphatic heterocycles. The van der Waals surface area contributed by atoms with E-state index in [-0.39, 0.29) is 0 Å². The fourth-order valence-electron chi connectivity index (χ4n) is 5.23. The Kier molecular flexibility index (Phi) is 5.88. The molecule has 0 saturated carbocycles. The number of likely N-dealkylation sites (N-methyl/N-ethyl adjacent to an activating group) is 1. The van der Waals surface area contributed by atoms with Crippen LogP contribution in [-0.2, 0) is 40.8 Å². The molecular weight excluding hydrogens is 426 g/mol. The van der Waals surface area contributed by atoms with E-state index in [2.05, 4.69) is 47.1 Å². The van der Waals surface area contributed by atoms with Crippen molar-refractivity contribution < 1.29 is 18.2 Å². The second kappa shape index (κ2) is 8.67. The Bertz CT molecular complexity index is 1120. The number of hydrogen-bond donors (Lipinski definition) is 1. The summed E-state index contributed by atoms with van der Waals surface area (Å²) in [5.74, 6) is 1.47. The predicted molar refractivity (Wildman–Crippen MR) is 124 cm³/mol. The zero-order valence-electron chi connectivity index (χ0n) is 18.8. The number of anilines is 1. The molecule has 0 fully saturated rings. The number of fused-ring (bicyclic) bond motifs is 4. The molecule has 0 bridgehead atoms. The van der Waals surface area contributed by atoms with E-state index >= 15 is 0 Å². The monoisotopic (exact) mass is 457 g/mol. The summed E-state index contributed by atoms with van der Waals surface area (Å²) in [6, 6.07) is 10.9. The van der Waals surface area contributed by atoms with Gasteiger partial charge in [0.2, 0.25) is 10.0 Å². The smallest absolute Gasteiger partial charge is 0.225 e. The molecule has 1 atom stereocenters. The Balaban J connectivity index is 1.23. The Hall–Kier alpha value is -2.13. The van der Waals surface area contributed by atoms with Gasteiger partial charge in [-0.2, -0.15) is 4.89 Å². The van der Waals surface area contributed by atoms with Crippen LogP contribution in [0.5, 0.6) is 5.75 Å². The van der Waals surface area contributed by atoms with Crippen molar-refractivity contribution in [2.24, 2.45) is 0 Å². The van der Waals surface area contributed by atoms with Crippen molar-refractivity contribution >= 4 is 15.7 Å². The quantitative estimate of drug-likeness (QED) is 0.645. The van der Waals surface area contributed by atoms with Crippen molar-refractivity contribution in [1.82, 2.24) is 9.73 Å². The fraction of sp³-hybridized carbons (Fsp3) is 0.500. The molecule has 0 saturated heterocycles. The molecule has 3 aliphatic rings. The second-order valence-electron chi connectivity index (χ2n) is 9.30. The van der Waals surface area contributed by atoms with E-state index in [4.69, 9.17) is 9.78 Å². The molecule has 0 spiro atoms. The summed E-state index contributed by atoms with van der Waals surface area (Å²) in [5, 5.41) is 1.75. The van der Waals surface area contributed by atoms with E-state index in [0.717, 1.165) is 49.4 Å². The molecule has 0 unspecified atom stereocenters. The average molecular weight is 458 g/mol. The highest BCUT2D eigenvalue weighted by Gasteiger charge is 2.28. The number of benzene rings is 2. The van der Waals surface area contributed by atoms with Crippen molar-refractivity contribution in [2.45, 2.75) is 44.6 Å². The molecule has 32 heavy (non-hydrogen) atoms. The van der Waals surface area contributed by atoms with Gasteiger partial charge >= 0.3 is 0 Å². The largest absolute Gasteiger partial charge is 0.337 e. The molecule has 2 heterocycles. The van der Waals surface area contributed by atoms with Gasteiger partial charge in [-0.1, -0.05) is 24.3 Å². The minimum Gasteiger partial charge on any atom is -0.337 e. The first-order valence-electron chi connectivity index (χ1n) is 11.4. The summed E-state index contributed by atoms with van der Waals surface area (Å²) in [7, 11) is -1.10. The number of nitrogens with one attached hydrogen (secondary N) is 1. The molecule has 2 aromatic rings. The summed E-state index contributed by atoms with van der Waals surface area (Å²) >= 11 is 0. The average Bonchev–Trinajstić information content (AvgIpc) is 3.38. The van der Waals surface area contributed by atoms with Crippen molar-refractivity contribution in [3.05, 3.63) is 58.1 Å². The topological polar surface area (TPSA) is 71.1 Å². The molecule has 2 aromatic carbocycles. The summed E-state index contributed by atoms with van der Waals surface area (Å²) in [5.41, 5.74) is 7.30. The van der Waals surface area contributed by atoms with Crippen LogP contribution in [0.4, 0.5) is 5.69 Å². The number of nitrogens with zero attached hydrogens (tertiary/aromatic N) is 2. The van der Waals surface area contributed by atoms with Crippen LogP contribution in [0.1, 0.15) is 46.6 Å². The van der Waals surface area contributed by atoms with Gasteiger partial charge in [-0.05, 0) is 67.8 Å². The van der Waals surface area contributed by atoms with Crippen LogP contribution in [0.2, 0.25) is 0 Å². The Morgan fingerprint density at radius 2 is 2.03 bits per heavy atom. The normalized spacial score (nSPS) is 19.6. The lowest BCUT2D eigenvalue weighted by Gasteiger charge is -2.30. The zero-order chi connectivity index (χ0) is 22.3. The van der Waals surface area contributed by atoms with E-state index in [0.29, 0.717) is 19.1 Å². The standard InChI is InChI=1S/C24H31N3O4S/c1-26(15-19-4-3-5-22-21(19)9-8-20-16-30-31-24(20)22)12-10-17-6-7-18-11-13-27(23(18)14-17)25-32(2,28)29/h6-9,14,19,25H,3-5,10-13,15-16H2,1-2H3/t19-/m0/s1. The minimum atomic E-state index is -3.28. The minimum absolute atomic E-state index is 0.507. The number of rotatable bonds is 7. The molecule has 172 valence electrons. The maximum absolute atomic E-state index is 11.7. The Morgan fingerprint density at radius 1 is 1.19 bits per heavy atom. The van der Waals surface area contributed by atoms with Crippen LogP contribution in [-0.4, -0.2) is 46.3 Å². The van der Waals surface area contributed by atoms with Crippen molar-refractivity contribution in [3.63, 3.8) is 0 Å². The summed E-state index contributed by atoms with van der Waals surface area (Å²) < 4.78 is 23.3. The van der Waals surface area contributed by atoms with Crippen LogP contribution in [0.3, 0.4) is 0 Å². The molecule has 1 N–H and O–H groups in total. The van der Waals surface area contributed by atoms with E-state index in [1.54, 1.807) is 5.01 Å². The highest BCUT2D eigenvalue weighted by Crippen LogP contribution is 2.41. The van der Waals surface area contributed by atoms with E-state index in [9.17, 15) is 8.42 Å². The molecule has 0 aromatic heterocycles. The van der Waals surface area contributed by atoms with Crippen LogP contribution in [0, 0.1) is 0 Å². The van der Waals surface area contributed by atoms with Crippen molar-refractivity contribution in [1.29, 1.82) is 0 Å². The molecule has 8 heteroatoms. The Labute approximate surface area is 190 Å². The lowest BCUT2D eigenvalue weighted by molar-refractivity contribution is -0.195. The molecule has 5 rings (SSSR count).